The van der Waals surface area contributed by atoms with Gasteiger partial charge in [0.2, 0.25) is 0 Å². The van der Waals surface area contributed by atoms with Crippen LogP contribution in [0.3, 0.4) is 0 Å². The van der Waals surface area contributed by atoms with Gasteiger partial charge in [-0.25, -0.2) is 4.98 Å². The summed E-state index contributed by atoms with van der Waals surface area (Å²) in [6, 6.07) is 4.80. The molecule has 0 aromatic carbocycles. The summed E-state index contributed by atoms with van der Waals surface area (Å²) in [5, 5.41) is 8.76. The predicted molar refractivity (Wildman–Crippen MR) is 77.2 cm³/mol. The molecule has 0 spiro atoms. The monoisotopic (exact) mass is 328 g/mol. The second-order valence-corrected chi connectivity index (χ2v) is 5.37. The fourth-order valence-electron chi connectivity index (χ4n) is 1.92. The quantitative estimate of drug-likeness (QED) is 0.680. The molecule has 0 unspecified atom stereocenters. The Bertz CT molecular complexity index is 670. The molecular formula is C14H12ClF3N4. The Kier molecular flexibility index (Phi) is 4.42. The van der Waals surface area contributed by atoms with Gasteiger partial charge in [0.05, 0.1) is 12.0 Å². The van der Waals surface area contributed by atoms with Crippen molar-refractivity contribution in [3.05, 3.63) is 34.7 Å². The van der Waals surface area contributed by atoms with Gasteiger partial charge in [0, 0.05) is 23.6 Å². The highest BCUT2D eigenvalue weighted by Gasteiger charge is 2.62. The van der Waals surface area contributed by atoms with E-state index in [1.807, 2.05) is 6.07 Å². The average Bonchev–Trinajstić information content (AvgIpc) is 3.25. The smallest absolute Gasteiger partial charge is 0.396 e. The topological polar surface area (TPSA) is 75.1 Å². The van der Waals surface area contributed by atoms with E-state index in [0.29, 0.717) is 11.1 Å². The maximum atomic E-state index is 12.8. The molecule has 0 saturated heterocycles. The maximum Gasteiger partial charge on any atom is 0.396 e. The lowest BCUT2D eigenvalue weighted by atomic mass is 10.1. The van der Waals surface area contributed by atoms with Gasteiger partial charge < -0.3 is 5.73 Å². The van der Waals surface area contributed by atoms with E-state index in [1.165, 1.54) is 24.5 Å². The van der Waals surface area contributed by atoms with Gasteiger partial charge >= 0.3 is 6.18 Å². The van der Waals surface area contributed by atoms with E-state index in [1.54, 1.807) is 0 Å². The summed E-state index contributed by atoms with van der Waals surface area (Å²) in [5.74, 6) is 0. The number of allylic oxidation sites excluding steroid dienone is 1. The zero-order chi connectivity index (χ0) is 16.4. The Morgan fingerprint density at radius 1 is 1.50 bits per heavy atom. The van der Waals surface area contributed by atoms with E-state index in [0.717, 1.165) is 0 Å². The molecule has 0 amide bonds. The second kappa shape index (κ2) is 5.97. The first kappa shape index (κ1) is 16.3. The summed E-state index contributed by atoms with van der Waals surface area (Å²) in [4.78, 5) is 7.69. The fourth-order valence-corrected chi connectivity index (χ4v) is 2.18. The third kappa shape index (κ3) is 3.22. The summed E-state index contributed by atoms with van der Waals surface area (Å²) in [6.07, 6.45) is -1.62. The van der Waals surface area contributed by atoms with E-state index in [-0.39, 0.29) is 30.2 Å². The molecule has 0 aliphatic heterocycles. The molecule has 0 bridgehead atoms. The van der Waals surface area contributed by atoms with Crippen molar-refractivity contribution < 1.29 is 13.2 Å². The molecule has 1 fully saturated rings. The summed E-state index contributed by atoms with van der Waals surface area (Å²) >= 11 is 5.94. The van der Waals surface area contributed by atoms with Crippen LogP contribution in [0.1, 0.15) is 24.1 Å². The minimum Gasteiger partial charge on any atom is -0.404 e. The summed E-state index contributed by atoms with van der Waals surface area (Å²) < 4.78 is 38.4. The zero-order valence-electron chi connectivity index (χ0n) is 11.4. The highest BCUT2D eigenvalue weighted by molar-refractivity contribution is 6.32. The van der Waals surface area contributed by atoms with E-state index in [9.17, 15) is 13.2 Å². The van der Waals surface area contributed by atoms with Crippen molar-refractivity contribution in [1.29, 1.82) is 5.26 Å². The summed E-state index contributed by atoms with van der Waals surface area (Å²) in [7, 11) is 0. The number of hydrogen-bond donors (Lipinski definition) is 1. The van der Waals surface area contributed by atoms with Gasteiger partial charge in [0.1, 0.15) is 16.9 Å². The molecule has 116 valence electrons. The molecule has 22 heavy (non-hydrogen) atoms. The first-order chi connectivity index (χ1) is 10.3. The number of halogens is 4. The molecule has 4 nitrogen and oxygen atoms in total. The van der Waals surface area contributed by atoms with E-state index in [4.69, 9.17) is 22.6 Å². The minimum absolute atomic E-state index is 0.0409. The summed E-state index contributed by atoms with van der Waals surface area (Å²) in [6.45, 7) is -0.338. The van der Waals surface area contributed by atoms with Crippen LogP contribution in [0.5, 0.6) is 0 Å². The molecule has 1 aliphatic rings. The van der Waals surface area contributed by atoms with Crippen molar-refractivity contribution in [3.63, 3.8) is 0 Å². The first-order valence-electron chi connectivity index (χ1n) is 6.38. The highest BCUT2D eigenvalue weighted by atomic mass is 35.5. The Labute approximate surface area is 130 Å². The van der Waals surface area contributed by atoms with Gasteiger partial charge in [-0.05, 0) is 25.0 Å². The zero-order valence-corrected chi connectivity index (χ0v) is 12.1. The lowest BCUT2D eigenvalue weighted by Crippen LogP contribution is -2.27. The van der Waals surface area contributed by atoms with Gasteiger partial charge in [-0.1, -0.05) is 11.6 Å². The highest BCUT2D eigenvalue weighted by Crippen LogP contribution is 2.57. The maximum absolute atomic E-state index is 12.8. The van der Waals surface area contributed by atoms with Crippen molar-refractivity contribution in [2.45, 2.75) is 19.0 Å². The molecule has 0 atom stereocenters. The Hall–Kier alpha value is -2.07. The van der Waals surface area contributed by atoms with Gasteiger partial charge in [-0.2, -0.15) is 18.4 Å². The number of pyridine rings is 1. The normalized spacial score (nSPS) is 17.5. The average molecular weight is 329 g/mol. The molecular weight excluding hydrogens is 317 g/mol. The number of aromatic nitrogens is 1. The van der Waals surface area contributed by atoms with E-state index in [2.05, 4.69) is 9.98 Å². The van der Waals surface area contributed by atoms with Gasteiger partial charge in [0.15, 0.2) is 0 Å². The van der Waals surface area contributed by atoms with Crippen LogP contribution in [0.2, 0.25) is 5.15 Å². The predicted octanol–water partition coefficient (Wildman–Crippen LogP) is 3.32. The van der Waals surface area contributed by atoms with Crippen molar-refractivity contribution >= 4 is 23.4 Å². The molecule has 1 aromatic rings. The standard InChI is InChI=1S/C14H12ClF3N4/c15-12-11(2-1-10(6-20)22-12)9(5-19)7-21-8-13(3-4-13)14(16,17)18/h1-2,5,7H,3-4,8,19H2/b9-5+,21-7?. The first-order valence-corrected chi connectivity index (χ1v) is 6.76. The largest absolute Gasteiger partial charge is 0.404 e. The van der Waals surface area contributed by atoms with Crippen LogP contribution in [-0.4, -0.2) is 23.9 Å². The number of hydrogen-bond acceptors (Lipinski definition) is 4. The minimum atomic E-state index is -4.25. The molecule has 0 radical (unpaired) electrons. The number of rotatable bonds is 4. The molecule has 1 aliphatic carbocycles. The number of nitriles is 1. The van der Waals surface area contributed by atoms with Crippen LogP contribution in [0.15, 0.2) is 23.3 Å². The van der Waals surface area contributed by atoms with Crippen LogP contribution in [0.4, 0.5) is 13.2 Å². The van der Waals surface area contributed by atoms with Crippen LogP contribution in [0.25, 0.3) is 5.57 Å². The van der Waals surface area contributed by atoms with Gasteiger partial charge in [-0.3, -0.25) is 4.99 Å². The van der Waals surface area contributed by atoms with Crippen LogP contribution in [-0.2, 0) is 0 Å². The van der Waals surface area contributed by atoms with Gasteiger partial charge in [0.25, 0.3) is 0 Å². The third-order valence-corrected chi connectivity index (χ3v) is 3.82. The number of nitrogens with zero attached hydrogens (tertiary/aromatic N) is 3. The van der Waals surface area contributed by atoms with Gasteiger partial charge in [-0.15, -0.1) is 0 Å². The lowest BCUT2D eigenvalue weighted by molar-refractivity contribution is -0.183. The second-order valence-electron chi connectivity index (χ2n) is 5.02. The van der Waals surface area contributed by atoms with E-state index >= 15 is 0 Å². The Morgan fingerprint density at radius 2 is 2.18 bits per heavy atom. The molecule has 1 aromatic heterocycles. The third-order valence-electron chi connectivity index (χ3n) is 3.53. The molecule has 1 saturated carbocycles. The Balaban J connectivity index is 2.14. The summed E-state index contributed by atoms with van der Waals surface area (Å²) in [5.41, 5.74) is 4.66. The molecule has 2 N–H and O–H groups in total. The van der Waals surface area contributed by atoms with Crippen molar-refractivity contribution in [2.24, 2.45) is 16.1 Å². The van der Waals surface area contributed by atoms with Crippen molar-refractivity contribution in [1.82, 2.24) is 4.98 Å². The van der Waals surface area contributed by atoms with Crippen molar-refractivity contribution in [3.8, 4) is 6.07 Å². The van der Waals surface area contributed by atoms with Crippen LogP contribution >= 0.6 is 11.6 Å². The van der Waals surface area contributed by atoms with Crippen molar-refractivity contribution in [2.75, 3.05) is 6.54 Å². The number of alkyl halides is 3. The number of aliphatic imine (C=N–C) groups is 1. The fraction of sp³-hybridized carbons (Fsp3) is 0.357. The number of nitrogens with two attached hydrogens (primary N) is 1. The van der Waals surface area contributed by atoms with Crippen LogP contribution in [0, 0.1) is 16.7 Å². The Morgan fingerprint density at radius 3 is 2.64 bits per heavy atom. The van der Waals surface area contributed by atoms with E-state index < -0.39 is 11.6 Å². The lowest BCUT2D eigenvalue weighted by Gasteiger charge is -2.16. The molecule has 2 rings (SSSR count). The van der Waals surface area contributed by atoms with Crippen LogP contribution < -0.4 is 5.73 Å². The molecule has 1 heterocycles. The SMILES string of the molecule is N#Cc1ccc(/C(C=NCC2(C(F)(F)F)CC2)=C/N)c(Cl)n1. The molecule has 8 heteroatoms.